The summed E-state index contributed by atoms with van der Waals surface area (Å²) in [6.45, 7) is 5.15. The van der Waals surface area contributed by atoms with Gasteiger partial charge >= 0.3 is 0 Å². The molecular weight excluding hydrogens is 545 g/mol. The monoisotopic (exact) mass is 579 g/mol. The van der Waals surface area contributed by atoms with Gasteiger partial charge in [0, 0.05) is 51.2 Å². The summed E-state index contributed by atoms with van der Waals surface area (Å²) in [7, 11) is -3.76. The van der Waals surface area contributed by atoms with Gasteiger partial charge in [0.2, 0.25) is 15.9 Å². The van der Waals surface area contributed by atoms with Gasteiger partial charge in [-0.25, -0.2) is 8.42 Å². The molecule has 3 aliphatic heterocycles. The molecule has 3 aliphatic rings. The summed E-state index contributed by atoms with van der Waals surface area (Å²) in [5, 5.41) is 0.513. The molecule has 3 fully saturated rings. The SMILES string of the molecule is O=C(CC1CCCN1S(=O)(=O)c1ccc(Cl)c(Cl)c1)N1CCC(C(c2ccccc2)N2CCOCC2)CC1. The number of amides is 1. The summed E-state index contributed by atoms with van der Waals surface area (Å²) < 4.78 is 33.8. The number of hydrogen-bond acceptors (Lipinski definition) is 5. The Hall–Kier alpha value is -1.68. The molecule has 2 atom stereocenters. The summed E-state index contributed by atoms with van der Waals surface area (Å²) in [5.41, 5.74) is 1.33. The summed E-state index contributed by atoms with van der Waals surface area (Å²) in [6, 6.07) is 15.0. The zero-order chi connectivity index (χ0) is 26.7. The smallest absolute Gasteiger partial charge is 0.243 e. The van der Waals surface area contributed by atoms with E-state index in [0.717, 1.165) is 45.6 Å². The standard InChI is InChI=1S/C28H35Cl2N3O4S/c29-25-9-8-24(20-26(25)30)38(35,36)33-12-4-7-23(33)19-27(34)31-13-10-22(11-14-31)28(21-5-2-1-3-6-21)32-15-17-37-18-16-32/h1-3,5-6,8-9,20,22-23,28H,4,7,10-19H2. The lowest BCUT2D eigenvalue weighted by atomic mass is 9.84. The van der Waals surface area contributed by atoms with E-state index in [1.807, 2.05) is 4.90 Å². The third kappa shape index (κ3) is 6.06. The molecule has 3 heterocycles. The van der Waals surface area contributed by atoms with Crippen molar-refractivity contribution < 1.29 is 17.9 Å². The van der Waals surface area contributed by atoms with Gasteiger partial charge in [0.25, 0.3) is 0 Å². The van der Waals surface area contributed by atoms with Crippen LogP contribution in [0, 0.1) is 5.92 Å². The third-order valence-electron chi connectivity index (χ3n) is 8.15. The average molecular weight is 581 g/mol. The lowest BCUT2D eigenvalue weighted by molar-refractivity contribution is -0.133. The zero-order valence-electron chi connectivity index (χ0n) is 21.5. The lowest BCUT2D eigenvalue weighted by Crippen LogP contribution is -2.47. The van der Waals surface area contributed by atoms with Crippen LogP contribution in [0.2, 0.25) is 10.0 Å². The third-order valence-corrected chi connectivity index (χ3v) is 10.8. The van der Waals surface area contributed by atoms with Crippen molar-refractivity contribution in [3.05, 3.63) is 64.1 Å². The molecule has 2 unspecified atom stereocenters. The van der Waals surface area contributed by atoms with Crippen molar-refractivity contribution in [1.82, 2.24) is 14.1 Å². The lowest BCUT2D eigenvalue weighted by Gasteiger charge is -2.43. The van der Waals surface area contributed by atoms with Gasteiger partial charge in [-0.1, -0.05) is 53.5 Å². The van der Waals surface area contributed by atoms with Gasteiger partial charge in [-0.05, 0) is 55.4 Å². The number of sulfonamides is 1. The van der Waals surface area contributed by atoms with E-state index < -0.39 is 10.0 Å². The summed E-state index contributed by atoms with van der Waals surface area (Å²) >= 11 is 12.1. The topological polar surface area (TPSA) is 70.2 Å². The Morgan fingerprint density at radius 3 is 2.32 bits per heavy atom. The van der Waals surface area contributed by atoms with Gasteiger partial charge in [0.15, 0.2) is 0 Å². The van der Waals surface area contributed by atoms with Crippen LogP contribution in [0.25, 0.3) is 0 Å². The highest BCUT2D eigenvalue weighted by Crippen LogP contribution is 2.37. The van der Waals surface area contributed by atoms with Gasteiger partial charge in [-0.3, -0.25) is 9.69 Å². The van der Waals surface area contributed by atoms with E-state index in [1.54, 1.807) is 0 Å². The first kappa shape index (κ1) is 27.9. The van der Waals surface area contributed by atoms with Crippen LogP contribution < -0.4 is 0 Å². The molecular formula is C28H35Cl2N3O4S. The van der Waals surface area contributed by atoms with Crippen molar-refractivity contribution in [2.75, 3.05) is 45.9 Å². The summed E-state index contributed by atoms with van der Waals surface area (Å²) in [4.78, 5) is 17.9. The maximum absolute atomic E-state index is 13.4. The normalized spacial score (nSPS) is 23.0. The number of morpholine rings is 1. The van der Waals surface area contributed by atoms with Crippen LogP contribution >= 0.6 is 23.2 Å². The van der Waals surface area contributed by atoms with E-state index in [9.17, 15) is 13.2 Å². The molecule has 38 heavy (non-hydrogen) atoms. The van der Waals surface area contributed by atoms with Crippen molar-refractivity contribution >= 4 is 39.1 Å². The van der Waals surface area contributed by atoms with Crippen LogP contribution in [-0.4, -0.2) is 80.4 Å². The number of halogens is 2. The number of piperidine rings is 1. The average Bonchev–Trinajstić information content (AvgIpc) is 3.41. The molecule has 206 valence electrons. The molecule has 0 radical (unpaired) electrons. The quantitative estimate of drug-likeness (QED) is 0.469. The van der Waals surface area contributed by atoms with Gasteiger partial charge < -0.3 is 9.64 Å². The minimum absolute atomic E-state index is 0.0346. The van der Waals surface area contributed by atoms with Crippen LogP contribution in [0.4, 0.5) is 0 Å². The van der Waals surface area contributed by atoms with E-state index in [1.165, 1.54) is 28.1 Å². The molecule has 0 saturated carbocycles. The van der Waals surface area contributed by atoms with Crippen LogP contribution in [0.1, 0.15) is 43.7 Å². The van der Waals surface area contributed by atoms with Crippen molar-refractivity contribution in [1.29, 1.82) is 0 Å². The predicted octanol–water partition coefficient (Wildman–Crippen LogP) is 4.85. The number of carbonyl (C=O) groups is 1. The number of hydrogen-bond donors (Lipinski definition) is 0. The molecule has 0 N–H and O–H groups in total. The number of likely N-dealkylation sites (tertiary alicyclic amines) is 1. The summed E-state index contributed by atoms with van der Waals surface area (Å²) in [6.07, 6.45) is 3.47. The first-order valence-corrected chi connectivity index (χ1v) is 15.7. The first-order valence-electron chi connectivity index (χ1n) is 13.5. The van der Waals surface area contributed by atoms with Crippen LogP contribution in [0.3, 0.4) is 0 Å². The molecule has 0 spiro atoms. The minimum Gasteiger partial charge on any atom is -0.379 e. The van der Waals surface area contributed by atoms with Crippen molar-refractivity contribution in [2.45, 2.75) is 49.1 Å². The Balaban J connectivity index is 1.22. The summed E-state index contributed by atoms with van der Waals surface area (Å²) in [5.74, 6) is 0.491. The van der Waals surface area contributed by atoms with Crippen molar-refractivity contribution in [3.8, 4) is 0 Å². The highest BCUT2D eigenvalue weighted by Gasteiger charge is 2.39. The molecule has 2 aromatic carbocycles. The fraction of sp³-hybridized carbons (Fsp3) is 0.536. The first-order chi connectivity index (χ1) is 18.3. The Labute approximate surface area is 235 Å². The Morgan fingerprint density at radius 2 is 1.63 bits per heavy atom. The Bertz CT molecular complexity index is 1220. The molecule has 3 saturated heterocycles. The highest BCUT2D eigenvalue weighted by atomic mass is 35.5. The van der Waals surface area contributed by atoms with Crippen LogP contribution in [0.15, 0.2) is 53.4 Å². The molecule has 2 aromatic rings. The molecule has 0 aliphatic carbocycles. The molecule has 10 heteroatoms. The fourth-order valence-corrected chi connectivity index (χ4v) is 8.27. The van der Waals surface area contributed by atoms with E-state index in [0.29, 0.717) is 43.0 Å². The number of ether oxygens (including phenoxy) is 1. The second-order valence-corrected chi connectivity index (χ2v) is 13.1. The number of rotatable bonds is 7. The Morgan fingerprint density at radius 1 is 0.921 bits per heavy atom. The minimum atomic E-state index is -3.76. The molecule has 7 nitrogen and oxygen atoms in total. The van der Waals surface area contributed by atoms with Gasteiger partial charge in [-0.2, -0.15) is 4.31 Å². The van der Waals surface area contributed by atoms with E-state index >= 15 is 0 Å². The highest BCUT2D eigenvalue weighted by molar-refractivity contribution is 7.89. The van der Waals surface area contributed by atoms with Crippen LogP contribution in [-0.2, 0) is 19.6 Å². The molecule has 0 aromatic heterocycles. The van der Waals surface area contributed by atoms with E-state index in [4.69, 9.17) is 27.9 Å². The van der Waals surface area contributed by atoms with Gasteiger partial charge in [0.05, 0.1) is 28.2 Å². The predicted molar refractivity (Wildman–Crippen MR) is 149 cm³/mol. The molecule has 5 rings (SSSR count). The van der Waals surface area contributed by atoms with Gasteiger partial charge in [-0.15, -0.1) is 0 Å². The van der Waals surface area contributed by atoms with Crippen LogP contribution in [0.5, 0.6) is 0 Å². The number of nitrogens with zero attached hydrogens (tertiary/aromatic N) is 3. The molecule has 1 amide bonds. The van der Waals surface area contributed by atoms with E-state index in [-0.39, 0.29) is 28.3 Å². The number of carbonyl (C=O) groups excluding carboxylic acids is 1. The molecule has 0 bridgehead atoms. The largest absolute Gasteiger partial charge is 0.379 e. The zero-order valence-corrected chi connectivity index (χ0v) is 23.8. The maximum atomic E-state index is 13.4. The van der Waals surface area contributed by atoms with Crippen molar-refractivity contribution in [3.63, 3.8) is 0 Å². The number of benzene rings is 2. The Kier molecular flexibility index (Phi) is 8.97. The van der Waals surface area contributed by atoms with Gasteiger partial charge in [0.1, 0.15) is 0 Å². The fourth-order valence-electron chi connectivity index (χ4n) is 6.18. The second kappa shape index (κ2) is 12.2. The second-order valence-electron chi connectivity index (χ2n) is 10.4. The van der Waals surface area contributed by atoms with E-state index in [2.05, 4.69) is 35.2 Å². The van der Waals surface area contributed by atoms with Crippen molar-refractivity contribution in [2.24, 2.45) is 5.92 Å². The maximum Gasteiger partial charge on any atom is 0.243 e.